The highest BCUT2D eigenvalue weighted by Gasteiger charge is 2.29. The van der Waals surface area contributed by atoms with Crippen molar-refractivity contribution < 1.29 is 9.90 Å². The average Bonchev–Trinajstić information content (AvgIpc) is 2.75. The van der Waals surface area contributed by atoms with Gasteiger partial charge in [0.1, 0.15) is 0 Å². The highest BCUT2D eigenvalue weighted by Crippen LogP contribution is 2.19. The number of likely N-dealkylation sites (tertiary alicyclic amines) is 1. The van der Waals surface area contributed by atoms with E-state index in [1.165, 1.54) is 4.90 Å². The van der Waals surface area contributed by atoms with Gasteiger partial charge in [0.15, 0.2) is 0 Å². The Kier molecular flexibility index (Phi) is 2.85. The Labute approximate surface area is 94.7 Å². The summed E-state index contributed by atoms with van der Waals surface area (Å²) in [6.45, 7) is 5.28. The Balaban J connectivity index is 2.09. The molecule has 1 saturated heterocycles. The summed E-state index contributed by atoms with van der Waals surface area (Å²) in [5.41, 5.74) is 2.08. The molecule has 0 unspecified atom stereocenters. The molecule has 16 heavy (non-hydrogen) atoms. The fraction of sp³-hybridized carbons (Fsp3) is 0.636. The van der Waals surface area contributed by atoms with Crippen LogP contribution < -0.4 is 0 Å². The molecule has 0 bridgehead atoms. The second kappa shape index (κ2) is 4.15. The minimum Gasteiger partial charge on any atom is -0.465 e. The molecule has 1 N–H and O–H groups in total. The molecule has 5 heteroatoms. The van der Waals surface area contributed by atoms with E-state index in [0.717, 1.165) is 24.2 Å². The van der Waals surface area contributed by atoms with Gasteiger partial charge in [0, 0.05) is 12.2 Å². The zero-order valence-electron chi connectivity index (χ0n) is 9.68. The van der Waals surface area contributed by atoms with Crippen molar-refractivity contribution in [3.05, 3.63) is 17.5 Å². The van der Waals surface area contributed by atoms with E-state index >= 15 is 0 Å². The van der Waals surface area contributed by atoms with Gasteiger partial charge in [-0.15, -0.1) is 0 Å². The van der Waals surface area contributed by atoms with Crippen molar-refractivity contribution >= 4 is 6.09 Å². The predicted octanol–water partition coefficient (Wildman–Crippen LogP) is 1.64. The lowest BCUT2D eigenvalue weighted by molar-refractivity contribution is 0.135. The highest BCUT2D eigenvalue weighted by atomic mass is 16.4. The zero-order chi connectivity index (χ0) is 11.7. The first-order valence-electron chi connectivity index (χ1n) is 5.58. The summed E-state index contributed by atoms with van der Waals surface area (Å²) < 4.78 is 1.90. The van der Waals surface area contributed by atoms with Crippen LogP contribution in [-0.4, -0.2) is 38.5 Å². The molecule has 2 heterocycles. The molecule has 5 nitrogen and oxygen atoms in total. The molecule has 1 aliphatic rings. The number of aryl methyl sites for hydroxylation is 2. The Morgan fingerprint density at radius 1 is 1.62 bits per heavy atom. The molecule has 1 atom stereocenters. The molecule has 2 rings (SSSR count). The fourth-order valence-corrected chi connectivity index (χ4v) is 2.34. The maximum Gasteiger partial charge on any atom is 0.407 e. The fourth-order valence-electron chi connectivity index (χ4n) is 2.34. The Hall–Kier alpha value is -1.52. The van der Waals surface area contributed by atoms with Gasteiger partial charge in [-0.05, 0) is 32.8 Å². The van der Waals surface area contributed by atoms with Gasteiger partial charge >= 0.3 is 6.09 Å². The molecule has 1 aromatic rings. The van der Waals surface area contributed by atoms with E-state index in [4.69, 9.17) is 5.11 Å². The molecule has 0 aromatic carbocycles. The van der Waals surface area contributed by atoms with Crippen molar-refractivity contribution in [2.24, 2.45) is 0 Å². The van der Waals surface area contributed by atoms with E-state index < -0.39 is 6.09 Å². The zero-order valence-corrected chi connectivity index (χ0v) is 9.68. The monoisotopic (exact) mass is 223 g/mol. The van der Waals surface area contributed by atoms with Gasteiger partial charge in [-0.25, -0.2) is 4.79 Å². The van der Waals surface area contributed by atoms with E-state index in [9.17, 15) is 4.79 Å². The normalized spacial score (nSPS) is 20.4. The second-order valence-corrected chi connectivity index (χ2v) is 4.38. The molecule has 0 spiro atoms. The van der Waals surface area contributed by atoms with Crippen molar-refractivity contribution in [1.82, 2.24) is 14.7 Å². The number of carboxylic acid groups (broad SMARTS) is 1. The molecule has 88 valence electrons. The van der Waals surface area contributed by atoms with Crippen LogP contribution in [0.4, 0.5) is 4.79 Å². The third-order valence-electron chi connectivity index (χ3n) is 3.11. The first-order valence-corrected chi connectivity index (χ1v) is 5.58. The Morgan fingerprint density at radius 2 is 2.38 bits per heavy atom. The summed E-state index contributed by atoms with van der Waals surface area (Å²) in [5, 5.41) is 13.4. The number of carbonyl (C=O) groups is 1. The first kappa shape index (κ1) is 11.0. The van der Waals surface area contributed by atoms with Crippen LogP contribution in [0.2, 0.25) is 0 Å². The highest BCUT2D eigenvalue weighted by molar-refractivity contribution is 5.65. The maximum atomic E-state index is 11.0. The van der Waals surface area contributed by atoms with E-state index in [-0.39, 0.29) is 6.04 Å². The van der Waals surface area contributed by atoms with Crippen LogP contribution in [0.3, 0.4) is 0 Å². The smallest absolute Gasteiger partial charge is 0.407 e. The van der Waals surface area contributed by atoms with Crippen molar-refractivity contribution in [3.63, 3.8) is 0 Å². The molecule has 0 aliphatic carbocycles. The van der Waals surface area contributed by atoms with Crippen molar-refractivity contribution in [2.45, 2.75) is 39.3 Å². The number of nitrogens with zero attached hydrogens (tertiary/aromatic N) is 3. The summed E-state index contributed by atoms with van der Waals surface area (Å²) in [4.78, 5) is 12.5. The van der Waals surface area contributed by atoms with Crippen LogP contribution >= 0.6 is 0 Å². The van der Waals surface area contributed by atoms with E-state index in [0.29, 0.717) is 13.1 Å². The number of amides is 1. The molecular formula is C11H17N3O2. The summed E-state index contributed by atoms with van der Waals surface area (Å²) in [6, 6.07) is 2.09. The third kappa shape index (κ3) is 2.03. The van der Waals surface area contributed by atoms with E-state index in [1.807, 2.05) is 24.6 Å². The van der Waals surface area contributed by atoms with Gasteiger partial charge in [0.25, 0.3) is 0 Å². The lowest BCUT2D eigenvalue weighted by atomic mass is 10.2. The lowest BCUT2D eigenvalue weighted by Gasteiger charge is -2.21. The first-order chi connectivity index (χ1) is 7.58. The van der Waals surface area contributed by atoms with Crippen LogP contribution in [0.1, 0.15) is 24.2 Å². The van der Waals surface area contributed by atoms with Gasteiger partial charge in [0.05, 0.1) is 18.3 Å². The quantitative estimate of drug-likeness (QED) is 0.829. The van der Waals surface area contributed by atoms with Gasteiger partial charge in [0.2, 0.25) is 0 Å². The van der Waals surface area contributed by atoms with Crippen LogP contribution in [0, 0.1) is 13.8 Å². The summed E-state index contributed by atoms with van der Waals surface area (Å²) in [6.07, 6.45) is 1.07. The summed E-state index contributed by atoms with van der Waals surface area (Å²) >= 11 is 0. The Bertz CT molecular complexity index is 400. The topological polar surface area (TPSA) is 58.4 Å². The third-order valence-corrected chi connectivity index (χ3v) is 3.11. The van der Waals surface area contributed by atoms with Crippen LogP contribution in [0.5, 0.6) is 0 Å². The standard InChI is InChI=1S/C11H17N3O2/c1-8-6-9(2)14(12-8)7-10-4-3-5-13(10)11(15)16/h6,10H,3-5,7H2,1-2H3,(H,15,16)/t10-/m0/s1. The molecular weight excluding hydrogens is 206 g/mol. The van der Waals surface area contributed by atoms with Crippen LogP contribution in [0.15, 0.2) is 6.07 Å². The van der Waals surface area contributed by atoms with E-state index in [1.54, 1.807) is 0 Å². The average molecular weight is 223 g/mol. The number of hydrogen-bond donors (Lipinski definition) is 1. The van der Waals surface area contributed by atoms with Crippen LogP contribution in [-0.2, 0) is 6.54 Å². The molecule has 0 saturated carbocycles. The van der Waals surface area contributed by atoms with Gasteiger partial charge in [-0.3, -0.25) is 4.68 Å². The minimum atomic E-state index is -0.816. The predicted molar refractivity (Wildman–Crippen MR) is 59.5 cm³/mol. The van der Waals surface area contributed by atoms with Crippen molar-refractivity contribution in [2.75, 3.05) is 6.54 Å². The van der Waals surface area contributed by atoms with Gasteiger partial charge < -0.3 is 10.0 Å². The number of hydrogen-bond acceptors (Lipinski definition) is 2. The maximum absolute atomic E-state index is 11.0. The molecule has 0 radical (unpaired) electrons. The second-order valence-electron chi connectivity index (χ2n) is 4.38. The molecule has 1 aromatic heterocycles. The van der Waals surface area contributed by atoms with Crippen molar-refractivity contribution in [3.8, 4) is 0 Å². The minimum absolute atomic E-state index is 0.0792. The van der Waals surface area contributed by atoms with Crippen LogP contribution in [0.25, 0.3) is 0 Å². The molecule has 1 aliphatic heterocycles. The Morgan fingerprint density at radius 3 is 2.94 bits per heavy atom. The molecule has 1 amide bonds. The van der Waals surface area contributed by atoms with Crippen molar-refractivity contribution in [1.29, 1.82) is 0 Å². The SMILES string of the molecule is Cc1cc(C)n(C[C@@H]2CCCN2C(=O)O)n1. The largest absolute Gasteiger partial charge is 0.465 e. The molecule has 1 fully saturated rings. The summed E-state index contributed by atoms with van der Waals surface area (Å²) in [7, 11) is 0. The lowest BCUT2D eigenvalue weighted by Crippen LogP contribution is -2.37. The van der Waals surface area contributed by atoms with E-state index in [2.05, 4.69) is 5.10 Å². The summed E-state index contributed by atoms with van der Waals surface area (Å²) in [5.74, 6) is 0. The number of aromatic nitrogens is 2. The van der Waals surface area contributed by atoms with Gasteiger partial charge in [-0.1, -0.05) is 0 Å². The number of rotatable bonds is 2. The van der Waals surface area contributed by atoms with Gasteiger partial charge in [-0.2, -0.15) is 5.10 Å².